The van der Waals surface area contributed by atoms with E-state index in [0.717, 1.165) is 0 Å². The summed E-state index contributed by atoms with van der Waals surface area (Å²) in [7, 11) is 0. The van der Waals surface area contributed by atoms with E-state index >= 15 is 0 Å². The average Bonchev–Trinajstić information content (AvgIpc) is 2.28. The number of unbranched alkanes of at least 4 members (excludes halogenated alkanes) is 1. The second-order valence-electron chi connectivity index (χ2n) is 3.24. The number of aliphatic hydroxyl groups is 1. The minimum absolute atomic E-state index is 0.100. The number of hydrogen-bond donors (Lipinski definition) is 3. The van der Waals surface area contributed by atoms with Gasteiger partial charge in [0, 0.05) is 12.3 Å². The van der Waals surface area contributed by atoms with Crippen molar-refractivity contribution in [3.63, 3.8) is 0 Å². The van der Waals surface area contributed by atoms with Crippen LogP contribution in [0.25, 0.3) is 0 Å². The fourth-order valence-corrected chi connectivity index (χ4v) is 1.08. The van der Waals surface area contributed by atoms with Crippen molar-refractivity contribution >= 4 is 11.8 Å². The van der Waals surface area contributed by atoms with E-state index < -0.39 is 6.09 Å². The lowest BCUT2D eigenvalue weighted by molar-refractivity contribution is 0.155. The van der Waals surface area contributed by atoms with Crippen LogP contribution >= 0.6 is 0 Å². The summed E-state index contributed by atoms with van der Waals surface area (Å²) in [6.07, 6.45) is 0.718. The molecule has 0 heterocycles. The van der Waals surface area contributed by atoms with Gasteiger partial charge in [0.25, 0.3) is 0 Å². The van der Waals surface area contributed by atoms with Gasteiger partial charge in [-0.3, -0.25) is 5.32 Å². The fourth-order valence-electron chi connectivity index (χ4n) is 1.08. The molecule has 0 radical (unpaired) electrons. The predicted molar refractivity (Wildman–Crippen MR) is 59.4 cm³/mol. The number of aromatic hydroxyl groups is 1. The van der Waals surface area contributed by atoms with E-state index in [1.165, 1.54) is 12.1 Å². The molecule has 0 spiro atoms. The summed E-state index contributed by atoms with van der Waals surface area (Å²) in [4.78, 5) is 11.2. The number of benzene rings is 1. The molecule has 0 bridgehead atoms. The molecule has 0 aliphatic heterocycles. The minimum atomic E-state index is -0.538. The highest BCUT2D eigenvalue weighted by Gasteiger charge is 2.02. The van der Waals surface area contributed by atoms with Crippen molar-refractivity contribution in [2.45, 2.75) is 12.8 Å². The van der Waals surface area contributed by atoms with Crippen LogP contribution < -0.4 is 5.32 Å². The van der Waals surface area contributed by atoms with Crippen LogP contribution in [0.1, 0.15) is 12.8 Å². The van der Waals surface area contributed by atoms with Crippen molar-refractivity contribution in [1.29, 1.82) is 0 Å². The monoisotopic (exact) mass is 225 g/mol. The molecule has 5 nitrogen and oxygen atoms in total. The van der Waals surface area contributed by atoms with Crippen LogP contribution in [0.15, 0.2) is 24.3 Å². The molecule has 1 aromatic carbocycles. The lowest BCUT2D eigenvalue weighted by Gasteiger charge is -2.06. The first-order valence-corrected chi connectivity index (χ1v) is 5.06. The number of aliphatic hydroxyl groups excluding tert-OH is 1. The highest BCUT2D eigenvalue weighted by atomic mass is 16.5. The molecule has 5 heteroatoms. The number of carbonyl (C=O) groups is 1. The van der Waals surface area contributed by atoms with Gasteiger partial charge in [-0.25, -0.2) is 4.79 Å². The molecule has 0 fully saturated rings. The van der Waals surface area contributed by atoms with E-state index in [-0.39, 0.29) is 19.0 Å². The number of carbonyl (C=O) groups excluding carboxylic acids is 1. The van der Waals surface area contributed by atoms with Crippen molar-refractivity contribution in [2.75, 3.05) is 18.5 Å². The molecule has 1 rings (SSSR count). The van der Waals surface area contributed by atoms with Gasteiger partial charge >= 0.3 is 6.09 Å². The van der Waals surface area contributed by atoms with E-state index in [1.807, 2.05) is 0 Å². The van der Waals surface area contributed by atoms with Gasteiger partial charge in [0.1, 0.15) is 5.75 Å². The second-order valence-corrected chi connectivity index (χ2v) is 3.24. The Labute approximate surface area is 93.7 Å². The Balaban J connectivity index is 2.26. The highest BCUT2D eigenvalue weighted by molar-refractivity contribution is 5.84. The maximum atomic E-state index is 11.2. The third-order valence-electron chi connectivity index (χ3n) is 1.90. The van der Waals surface area contributed by atoms with Crippen molar-refractivity contribution in [3.8, 4) is 5.75 Å². The van der Waals surface area contributed by atoms with Crippen LogP contribution in [-0.4, -0.2) is 29.5 Å². The van der Waals surface area contributed by atoms with Crippen LogP contribution in [0.4, 0.5) is 10.5 Å². The van der Waals surface area contributed by atoms with Gasteiger partial charge in [0.15, 0.2) is 0 Å². The van der Waals surface area contributed by atoms with Gasteiger partial charge in [-0.1, -0.05) is 0 Å². The molecule has 0 aliphatic carbocycles. The normalized spacial score (nSPS) is 9.81. The van der Waals surface area contributed by atoms with Crippen LogP contribution in [0.5, 0.6) is 5.75 Å². The second kappa shape index (κ2) is 6.68. The summed E-state index contributed by atoms with van der Waals surface area (Å²) in [6.45, 7) is 0.382. The van der Waals surface area contributed by atoms with Crippen molar-refractivity contribution < 1.29 is 19.7 Å². The van der Waals surface area contributed by atoms with Gasteiger partial charge in [-0.05, 0) is 37.1 Å². The lowest BCUT2D eigenvalue weighted by atomic mass is 10.3. The van der Waals surface area contributed by atoms with Crippen LogP contribution in [-0.2, 0) is 4.74 Å². The molecule has 0 aliphatic rings. The van der Waals surface area contributed by atoms with Gasteiger partial charge in [0.2, 0.25) is 0 Å². The molecule has 88 valence electrons. The highest BCUT2D eigenvalue weighted by Crippen LogP contribution is 2.13. The van der Waals surface area contributed by atoms with Gasteiger partial charge in [-0.15, -0.1) is 0 Å². The molecule has 16 heavy (non-hydrogen) atoms. The number of hydrogen-bond acceptors (Lipinski definition) is 4. The summed E-state index contributed by atoms with van der Waals surface area (Å²) in [5.41, 5.74) is 0.560. The van der Waals surface area contributed by atoms with Crippen molar-refractivity contribution in [2.24, 2.45) is 0 Å². The van der Waals surface area contributed by atoms with Crippen LogP contribution in [0.3, 0.4) is 0 Å². The number of rotatable bonds is 5. The molecule has 1 aromatic rings. The maximum absolute atomic E-state index is 11.2. The Bertz CT molecular complexity index is 323. The minimum Gasteiger partial charge on any atom is -0.508 e. The Morgan fingerprint density at radius 2 is 1.94 bits per heavy atom. The third kappa shape index (κ3) is 4.65. The molecule has 0 aromatic heterocycles. The third-order valence-corrected chi connectivity index (χ3v) is 1.90. The van der Waals surface area contributed by atoms with E-state index in [1.54, 1.807) is 12.1 Å². The zero-order valence-corrected chi connectivity index (χ0v) is 8.85. The van der Waals surface area contributed by atoms with Crippen LogP contribution in [0.2, 0.25) is 0 Å². The molecular formula is C11H15NO4. The summed E-state index contributed by atoms with van der Waals surface area (Å²) >= 11 is 0. The molecule has 0 atom stereocenters. The van der Waals surface area contributed by atoms with E-state index in [9.17, 15) is 4.79 Å². The molecule has 0 unspecified atom stereocenters. The smallest absolute Gasteiger partial charge is 0.411 e. The predicted octanol–water partition coefficient (Wildman–Crippen LogP) is 1.71. The molecule has 0 saturated heterocycles. The number of phenols is 1. The summed E-state index contributed by atoms with van der Waals surface area (Å²) in [5, 5.41) is 20.0. The zero-order chi connectivity index (χ0) is 11.8. The fraction of sp³-hybridized carbons (Fsp3) is 0.364. The first-order valence-electron chi connectivity index (χ1n) is 5.06. The van der Waals surface area contributed by atoms with Gasteiger partial charge < -0.3 is 14.9 Å². The Morgan fingerprint density at radius 3 is 2.56 bits per heavy atom. The SMILES string of the molecule is O=C(Nc1ccc(O)cc1)OCCCCO. The van der Waals surface area contributed by atoms with E-state index in [0.29, 0.717) is 18.5 Å². The van der Waals surface area contributed by atoms with Crippen molar-refractivity contribution in [1.82, 2.24) is 0 Å². The van der Waals surface area contributed by atoms with Gasteiger partial charge in [-0.2, -0.15) is 0 Å². The summed E-state index contributed by atoms with van der Waals surface area (Å²) in [6, 6.07) is 6.09. The Kier molecular flexibility index (Phi) is 5.15. The quantitative estimate of drug-likeness (QED) is 0.526. The Hall–Kier alpha value is -1.75. The van der Waals surface area contributed by atoms with E-state index in [2.05, 4.69) is 5.32 Å². The standard InChI is InChI=1S/C11H15NO4/c13-7-1-2-8-16-11(15)12-9-3-5-10(14)6-4-9/h3-6,13-14H,1-2,7-8H2,(H,12,15). The summed E-state index contributed by atoms with van der Waals surface area (Å²) in [5.74, 6) is 0.141. The summed E-state index contributed by atoms with van der Waals surface area (Å²) < 4.78 is 4.85. The largest absolute Gasteiger partial charge is 0.508 e. The van der Waals surface area contributed by atoms with Gasteiger partial charge in [0.05, 0.1) is 6.61 Å². The number of nitrogens with one attached hydrogen (secondary N) is 1. The lowest BCUT2D eigenvalue weighted by Crippen LogP contribution is -2.14. The molecule has 0 saturated carbocycles. The maximum Gasteiger partial charge on any atom is 0.411 e. The zero-order valence-electron chi connectivity index (χ0n) is 8.85. The number of anilines is 1. The van der Waals surface area contributed by atoms with E-state index in [4.69, 9.17) is 14.9 Å². The topological polar surface area (TPSA) is 78.8 Å². The molecule has 1 amide bonds. The number of amides is 1. The van der Waals surface area contributed by atoms with Crippen LogP contribution in [0, 0.1) is 0 Å². The Morgan fingerprint density at radius 1 is 1.25 bits per heavy atom. The first-order chi connectivity index (χ1) is 7.72. The molecular weight excluding hydrogens is 210 g/mol. The van der Waals surface area contributed by atoms with Crippen molar-refractivity contribution in [3.05, 3.63) is 24.3 Å². The molecule has 3 N–H and O–H groups in total. The first kappa shape index (κ1) is 12.3. The number of phenolic OH excluding ortho intramolecular Hbond substituents is 1. The average molecular weight is 225 g/mol. The number of ether oxygens (including phenoxy) is 1.